The molecular formula is C20H20ClN3O3S2. The average Bonchev–Trinajstić information content (AvgIpc) is 3.13. The molecule has 0 unspecified atom stereocenters. The Morgan fingerprint density at radius 2 is 2.10 bits per heavy atom. The molecule has 152 valence electrons. The van der Waals surface area contributed by atoms with Gasteiger partial charge >= 0.3 is 0 Å². The first-order valence-corrected chi connectivity index (χ1v) is 11.0. The molecule has 6 nitrogen and oxygen atoms in total. The summed E-state index contributed by atoms with van der Waals surface area (Å²) in [7, 11) is 1.53. The lowest BCUT2D eigenvalue weighted by molar-refractivity contribution is -0.118. The summed E-state index contributed by atoms with van der Waals surface area (Å²) in [5, 5.41) is 5.37. The lowest BCUT2D eigenvalue weighted by Gasteiger charge is -2.12. The Morgan fingerprint density at radius 1 is 1.28 bits per heavy atom. The van der Waals surface area contributed by atoms with Gasteiger partial charge in [-0.25, -0.2) is 4.98 Å². The van der Waals surface area contributed by atoms with Crippen LogP contribution >= 0.6 is 34.7 Å². The maximum absolute atomic E-state index is 12.2. The van der Waals surface area contributed by atoms with Crippen molar-refractivity contribution in [2.24, 2.45) is 0 Å². The van der Waals surface area contributed by atoms with E-state index in [0.717, 1.165) is 21.3 Å². The Balaban J connectivity index is 1.60. The maximum Gasteiger partial charge on any atom is 0.262 e. The summed E-state index contributed by atoms with van der Waals surface area (Å²) in [6.45, 7) is 3.70. The number of rotatable bonds is 8. The minimum absolute atomic E-state index is 0.163. The summed E-state index contributed by atoms with van der Waals surface area (Å²) in [5.41, 5.74) is 3.38. The SMILES string of the molecule is COc1cnc(CSc2nc(C)cs2)cc1OCC(=O)Nc1ccc(C)c(Cl)c1. The third-order valence-electron chi connectivity index (χ3n) is 3.86. The molecule has 0 aliphatic heterocycles. The van der Waals surface area contributed by atoms with Crippen molar-refractivity contribution in [1.29, 1.82) is 0 Å². The van der Waals surface area contributed by atoms with Gasteiger partial charge in [-0.05, 0) is 31.5 Å². The van der Waals surface area contributed by atoms with Gasteiger partial charge in [0.05, 0.1) is 19.0 Å². The smallest absolute Gasteiger partial charge is 0.262 e. The maximum atomic E-state index is 12.2. The highest BCUT2D eigenvalue weighted by atomic mass is 35.5. The molecular weight excluding hydrogens is 430 g/mol. The summed E-state index contributed by atoms with van der Waals surface area (Å²) in [6.07, 6.45) is 1.59. The summed E-state index contributed by atoms with van der Waals surface area (Å²) < 4.78 is 12.0. The minimum Gasteiger partial charge on any atom is -0.491 e. The molecule has 0 saturated heterocycles. The fourth-order valence-corrected chi connectivity index (χ4v) is 4.29. The van der Waals surface area contributed by atoms with Crippen LogP contribution in [0.3, 0.4) is 0 Å². The normalized spacial score (nSPS) is 10.6. The highest BCUT2D eigenvalue weighted by Crippen LogP contribution is 2.30. The number of thioether (sulfide) groups is 1. The number of thiazole rings is 1. The molecule has 1 N–H and O–H groups in total. The van der Waals surface area contributed by atoms with Crippen LogP contribution in [0, 0.1) is 13.8 Å². The van der Waals surface area contributed by atoms with Crippen molar-refractivity contribution in [1.82, 2.24) is 9.97 Å². The second-order valence-corrected chi connectivity index (χ2v) is 8.66. The molecule has 9 heteroatoms. The largest absolute Gasteiger partial charge is 0.491 e. The molecule has 3 rings (SSSR count). The van der Waals surface area contributed by atoms with Gasteiger partial charge in [0.2, 0.25) is 0 Å². The molecule has 2 heterocycles. The fourth-order valence-electron chi connectivity index (χ4n) is 2.36. The van der Waals surface area contributed by atoms with Crippen molar-refractivity contribution < 1.29 is 14.3 Å². The molecule has 1 amide bonds. The lowest BCUT2D eigenvalue weighted by atomic mass is 10.2. The lowest BCUT2D eigenvalue weighted by Crippen LogP contribution is -2.20. The minimum atomic E-state index is -0.294. The molecule has 0 atom stereocenters. The number of halogens is 1. The van der Waals surface area contributed by atoms with E-state index in [9.17, 15) is 4.79 Å². The Hall–Kier alpha value is -2.29. The zero-order chi connectivity index (χ0) is 20.8. The third kappa shape index (κ3) is 6.09. The second kappa shape index (κ2) is 9.96. The van der Waals surface area contributed by atoms with E-state index < -0.39 is 0 Å². The number of nitrogens with one attached hydrogen (secondary N) is 1. The summed E-state index contributed by atoms with van der Waals surface area (Å²) in [5.74, 6) is 1.28. The van der Waals surface area contributed by atoms with Crippen LogP contribution < -0.4 is 14.8 Å². The van der Waals surface area contributed by atoms with Crippen molar-refractivity contribution in [2.75, 3.05) is 19.0 Å². The number of benzene rings is 1. The predicted molar refractivity (Wildman–Crippen MR) is 118 cm³/mol. The number of carbonyl (C=O) groups is 1. The van der Waals surface area contributed by atoms with Gasteiger partial charge in [0.15, 0.2) is 18.1 Å². The zero-order valence-corrected chi connectivity index (χ0v) is 18.6. The van der Waals surface area contributed by atoms with Crippen LogP contribution in [0.2, 0.25) is 5.02 Å². The molecule has 29 heavy (non-hydrogen) atoms. The zero-order valence-electron chi connectivity index (χ0n) is 16.2. The number of amides is 1. The number of aryl methyl sites for hydroxylation is 2. The number of methoxy groups -OCH3 is 1. The number of pyridine rings is 1. The van der Waals surface area contributed by atoms with Crippen LogP contribution in [0.1, 0.15) is 17.0 Å². The predicted octanol–water partition coefficient (Wildman–Crippen LogP) is 5.13. The number of ether oxygens (including phenoxy) is 2. The molecule has 0 fully saturated rings. The molecule has 0 radical (unpaired) electrons. The number of nitrogens with zero attached hydrogens (tertiary/aromatic N) is 2. The standard InChI is InChI=1S/C20H20ClN3O3S2/c1-12-4-5-14(6-16(12)21)24-19(25)9-27-17-7-15(22-8-18(17)26-3)11-29-20-23-13(2)10-28-20/h4-8,10H,9,11H2,1-3H3,(H,24,25). The van der Waals surface area contributed by atoms with Gasteiger partial charge in [0.1, 0.15) is 4.34 Å². The molecule has 0 spiro atoms. The Labute approximate surface area is 182 Å². The number of anilines is 1. The Bertz CT molecular complexity index is 1010. The second-order valence-electron chi connectivity index (χ2n) is 6.17. The average molecular weight is 450 g/mol. The van der Waals surface area contributed by atoms with Crippen LogP contribution in [-0.4, -0.2) is 29.6 Å². The van der Waals surface area contributed by atoms with E-state index in [1.54, 1.807) is 47.5 Å². The van der Waals surface area contributed by atoms with E-state index in [-0.39, 0.29) is 12.5 Å². The van der Waals surface area contributed by atoms with Crippen molar-refractivity contribution in [3.8, 4) is 11.5 Å². The number of aromatic nitrogens is 2. The first-order valence-electron chi connectivity index (χ1n) is 8.71. The number of hydrogen-bond donors (Lipinski definition) is 1. The van der Waals surface area contributed by atoms with E-state index in [0.29, 0.717) is 28.0 Å². The summed E-state index contributed by atoms with van der Waals surface area (Å²) in [4.78, 5) is 21.0. The van der Waals surface area contributed by atoms with Crippen LogP contribution in [0.5, 0.6) is 11.5 Å². The van der Waals surface area contributed by atoms with Crippen molar-refractivity contribution in [2.45, 2.75) is 23.9 Å². The third-order valence-corrected chi connectivity index (χ3v) is 6.44. The first kappa shape index (κ1) is 21.4. The molecule has 1 aromatic carbocycles. The number of carbonyl (C=O) groups excluding carboxylic acids is 1. The summed E-state index contributed by atoms with van der Waals surface area (Å²) in [6, 6.07) is 7.13. The van der Waals surface area contributed by atoms with Gasteiger partial charge in [0, 0.05) is 33.6 Å². The van der Waals surface area contributed by atoms with E-state index in [4.69, 9.17) is 21.1 Å². The van der Waals surface area contributed by atoms with Gasteiger partial charge in [-0.2, -0.15) is 0 Å². The monoisotopic (exact) mass is 449 g/mol. The van der Waals surface area contributed by atoms with Gasteiger partial charge in [-0.1, -0.05) is 29.4 Å². The highest BCUT2D eigenvalue weighted by molar-refractivity contribution is 8.00. The van der Waals surface area contributed by atoms with Crippen LogP contribution in [-0.2, 0) is 10.5 Å². The van der Waals surface area contributed by atoms with Gasteiger partial charge in [-0.3, -0.25) is 9.78 Å². The van der Waals surface area contributed by atoms with E-state index in [1.807, 2.05) is 25.3 Å². The molecule has 0 aliphatic carbocycles. The van der Waals surface area contributed by atoms with Crippen molar-refractivity contribution in [3.05, 3.63) is 57.8 Å². The Morgan fingerprint density at radius 3 is 2.79 bits per heavy atom. The molecule has 2 aromatic heterocycles. The molecule has 0 aliphatic rings. The van der Waals surface area contributed by atoms with Gasteiger partial charge in [0.25, 0.3) is 5.91 Å². The Kier molecular flexibility index (Phi) is 7.35. The molecule has 0 bridgehead atoms. The fraction of sp³-hybridized carbons (Fsp3) is 0.250. The van der Waals surface area contributed by atoms with Crippen molar-refractivity contribution in [3.63, 3.8) is 0 Å². The van der Waals surface area contributed by atoms with E-state index in [1.165, 1.54) is 7.11 Å². The van der Waals surface area contributed by atoms with Gasteiger partial charge < -0.3 is 14.8 Å². The van der Waals surface area contributed by atoms with Crippen LogP contribution in [0.4, 0.5) is 5.69 Å². The number of hydrogen-bond acceptors (Lipinski definition) is 7. The summed E-state index contributed by atoms with van der Waals surface area (Å²) >= 11 is 9.30. The van der Waals surface area contributed by atoms with Crippen LogP contribution in [0.15, 0.2) is 40.2 Å². The molecule has 3 aromatic rings. The van der Waals surface area contributed by atoms with E-state index >= 15 is 0 Å². The van der Waals surface area contributed by atoms with Crippen LogP contribution in [0.25, 0.3) is 0 Å². The van der Waals surface area contributed by atoms with Crippen molar-refractivity contribution >= 4 is 46.3 Å². The van der Waals surface area contributed by atoms with E-state index in [2.05, 4.69) is 15.3 Å². The quantitative estimate of drug-likeness (QED) is 0.481. The highest BCUT2D eigenvalue weighted by Gasteiger charge is 2.11. The first-order chi connectivity index (χ1) is 13.9. The topological polar surface area (TPSA) is 73.3 Å². The van der Waals surface area contributed by atoms with Gasteiger partial charge in [-0.15, -0.1) is 11.3 Å². The molecule has 0 saturated carbocycles.